The van der Waals surface area contributed by atoms with Crippen LogP contribution in [-0.2, 0) is 11.2 Å². The van der Waals surface area contributed by atoms with Crippen molar-refractivity contribution in [1.29, 1.82) is 0 Å². The molecule has 3 atom stereocenters. The average molecular weight is 334 g/mol. The van der Waals surface area contributed by atoms with E-state index >= 15 is 0 Å². The third-order valence-corrected chi connectivity index (χ3v) is 5.67. The van der Waals surface area contributed by atoms with Gasteiger partial charge in [-0.05, 0) is 20.9 Å². The van der Waals surface area contributed by atoms with E-state index in [0.717, 1.165) is 28.2 Å². The van der Waals surface area contributed by atoms with Gasteiger partial charge in [-0.3, -0.25) is 9.69 Å². The highest BCUT2D eigenvalue weighted by atomic mass is 16.5. The van der Waals surface area contributed by atoms with Crippen LogP contribution >= 0.6 is 0 Å². The van der Waals surface area contributed by atoms with E-state index in [1.165, 1.54) is 0 Å². The van der Waals surface area contributed by atoms with Gasteiger partial charge in [0, 0.05) is 36.2 Å². The van der Waals surface area contributed by atoms with Crippen molar-refractivity contribution in [3.05, 3.63) is 16.7 Å². The smallest absolute Gasteiger partial charge is 0.240 e. The number of benzene rings is 1. The molecule has 132 valence electrons. The molecule has 6 heteroatoms. The number of piperazine rings is 1. The Balaban J connectivity index is 2.34. The molecule has 3 rings (SSSR count). The van der Waals surface area contributed by atoms with Crippen molar-refractivity contribution in [2.24, 2.45) is 0 Å². The van der Waals surface area contributed by atoms with Crippen LogP contribution in [0.15, 0.2) is 0 Å². The molecule has 0 N–H and O–H groups in total. The third kappa shape index (κ3) is 2.02. The maximum Gasteiger partial charge on any atom is 0.240 e. The number of carbonyl (C=O) groups is 1. The standard InChI is InChI=1S/C18H26N2O4/c1-9-15(22-5)11-8-12-18(21)19(3)10(2)14(20(12)4)13(11)17(24-7)16(9)23-6/h10,12,14H,8H2,1-7H3/t10-,12?,14?/m0/s1. The number of likely N-dealkylation sites (N-methyl/N-ethyl adjacent to an activating group) is 2. The van der Waals surface area contributed by atoms with Crippen LogP contribution in [-0.4, -0.2) is 63.2 Å². The number of ether oxygens (including phenoxy) is 3. The molecule has 1 amide bonds. The van der Waals surface area contributed by atoms with Crippen LogP contribution in [0.5, 0.6) is 17.2 Å². The van der Waals surface area contributed by atoms with Gasteiger partial charge in [0.1, 0.15) is 5.75 Å². The Bertz CT molecular complexity index is 688. The molecule has 2 bridgehead atoms. The molecule has 2 aliphatic heterocycles. The summed E-state index contributed by atoms with van der Waals surface area (Å²) in [4.78, 5) is 16.7. The van der Waals surface area contributed by atoms with Crippen LogP contribution in [0.3, 0.4) is 0 Å². The zero-order chi connectivity index (χ0) is 17.8. The van der Waals surface area contributed by atoms with Gasteiger partial charge in [0.05, 0.1) is 33.4 Å². The molecule has 24 heavy (non-hydrogen) atoms. The Hall–Kier alpha value is -1.95. The second kappa shape index (κ2) is 5.84. The highest BCUT2D eigenvalue weighted by molar-refractivity contribution is 5.85. The lowest BCUT2D eigenvalue weighted by atomic mass is 9.79. The lowest BCUT2D eigenvalue weighted by molar-refractivity contribution is -0.147. The van der Waals surface area contributed by atoms with Crippen molar-refractivity contribution in [2.45, 2.75) is 38.4 Å². The van der Waals surface area contributed by atoms with Gasteiger partial charge in [-0.25, -0.2) is 0 Å². The van der Waals surface area contributed by atoms with Crippen LogP contribution in [0.4, 0.5) is 0 Å². The van der Waals surface area contributed by atoms with E-state index in [1.807, 2.05) is 25.9 Å². The number of amides is 1. The molecule has 2 aliphatic rings. The first-order valence-electron chi connectivity index (χ1n) is 8.18. The first-order chi connectivity index (χ1) is 11.4. The number of hydrogen-bond donors (Lipinski definition) is 0. The maximum atomic E-state index is 12.7. The van der Waals surface area contributed by atoms with Crippen LogP contribution in [0, 0.1) is 6.92 Å². The largest absolute Gasteiger partial charge is 0.496 e. The van der Waals surface area contributed by atoms with Gasteiger partial charge < -0.3 is 19.1 Å². The predicted molar refractivity (Wildman–Crippen MR) is 91.1 cm³/mol. The number of carbonyl (C=O) groups excluding carboxylic acids is 1. The fourth-order valence-electron chi connectivity index (χ4n) is 4.35. The minimum atomic E-state index is -0.171. The lowest BCUT2D eigenvalue weighted by Gasteiger charge is -2.51. The predicted octanol–water partition coefficient (Wildman–Crippen LogP) is 1.78. The molecule has 0 aromatic heterocycles. The normalized spacial score (nSPS) is 26.2. The number of fused-ring (bicyclic) bond motifs is 4. The molecule has 0 spiro atoms. The molecule has 1 fully saturated rings. The summed E-state index contributed by atoms with van der Waals surface area (Å²) >= 11 is 0. The summed E-state index contributed by atoms with van der Waals surface area (Å²) in [5.74, 6) is 2.40. The van der Waals surface area contributed by atoms with Gasteiger partial charge in [-0.15, -0.1) is 0 Å². The summed E-state index contributed by atoms with van der Waals surface area (Å²) < 4.78 is 17.1. The van der Waals surface area contributed by atoms with E-state index in [1.54, 1.807) is 21.3 Å². The Morgan fingerprint density at radius 3 is 2.12 bits per heavy atom. The Morgan fingerprint density at radius 1 is 1.00 bits per heavy atom. The van der Waals surface area contributed by atoms with Gasteiger partial charge in [0.15, 0.2) is 11.5 Å². The number of methoxy groups -OCH3 is 3. The van der Waals surface area contributed by atoms with Gasteiger partial charge >= 0.3 is 0 Å². The molecule has 1 saturated heterocycles. The molecule has 1 aromatic rings. The Kier molecular flexibility index (Phi) is 4.11. The van der Waals surface area contributed by atoms with Crippen molar-refractivity contribution in [1.82, 2.24) is 9.80 Å². The topological polar surface area (TPSA) is 51.2 Å². The van der Waals surface area contributed by atoms with Crippen LogP contribution in [0.1, 0.15) is 29.7 Å². The Labute approximate surface area is 143 Å². The molecule has 2 unspecified atom stereocenters. The van der Waals surface area contributed by atoms with E-state index in [4.69, 9.17) is 14.2 Å². The van der Waals surface area contributed by atoms with Crippen molar-refractivity contribution in [3.63, 3.8) is 0 Å². The quantitative estimate of drug-likeness (QED) is 0.843. The van der Waals surface area contributed by atoms with E-state index in [9.17, 15) is 4.79 Å². The first kappa shape index (κ1) is 16.9. The number of nitrogens with zero attached hydrogens (tertiary/aromatic N) is 2. The van der Waals surface area contributed by atoms with E-state index in [2.05, 4.69) is 11.8 Å². The zero-order valence-corrected chi connectivity index (χ0v) is 15.5. The van der Waals surface area contributed by atoms with E-state index in [0.29, 0.717) is 12.2 Å². The molecule has 1 aromatic carbocycles. The van der Waals surface area contributed by atoms with Crippen LogP contribution in [0.25, 0.3) is 0 Å². The molecule has 0 aliphatic carbocycles. The highest BCUT2D eigenvalue weighted by Crippen LogP contribution is 2.52. The molecule has 6 nitrogen and oxygen atoms in total. The van der Waals surface area contributed by atoms with Gasteiger partial charge in [0.25, 0.3) is 0 Å². The SMILES string of the molecule is COc1c(C)c(OC)c(OC)c2c1CC1C(=O)N(C)[C@@H](C)C2N1C. The minimum absolute atomic E-state index is 0.0313. The van der Waals surface area contributed by atoms with Crippen LogP contribution < -0.4 is 14.2 Å². The third-order valence-electron chi connectivity index (χ3n) is 5.67. The molecule has 0 saturated carbocycles. The summed E-state index contributed by atoms with van der Waals surface area (Å²) in [5.41, 5.74) is 3.04. The van der Waals surface area contributed by atoms with E-state index in [-0.39, 0.29) is 24.0 Å². The van der Waals surface area contributed by atoms with Crippen molar-refractivity contribution >= 4 is 5.91 Å². The number of rotatable bonds is 3. The minimum Gasteiger partial charge on any atom is -0.496 e. The lowest BCUT2D eigenvalue weighted by Crippen LogP contribution is -2.62. The highest BCUT2D eigenvalue weighted by Gasteiger charge is 2.49. The second-order valence-corrected chi connectivity index (χ2v) is 6.64. The maximum absolute atomic E-state index is 12.7. The zero-order valence-electron chi connectivity index (χ0n) is 15.5. The van der Waals surface area contributed by atoms with Crippen molar-refractivity contribution < 1.29 is 19.0 Å². The number of hydrogen-bond acceptors (Lipinski definition) is 5. The van der Waals surface area contributed by atoms with E-state index < -0.39 is 0 Å². The second-order valence-electron chi connectivity index (χ2n) is 6.64. The Morgan fingerprint density at radius 2 is 1.58 bits per heavy atom. The summed E-state index contributed by atoms with van der Waals surface area (Å²) in [6, 6.07) is -0.0984. The first-order valence-corrected chi connectivity index (χ1v) is 8.18. The fourth-order valence-corrected chi connectivity index (χ4v) is 4.35. The molecular weight excluding hydrogens is 308 g/mol. The van der Waals surface area contributed by atoms with Gasteiger partial charge in [-0.2, -0.15) is 0 Å². The summed E-state index contributed by atoms with van der Waals surface area (Å²) in [5, 5.41) is 0. The monoisotopic (exact) mass is 334 g/mol. The summed E-state index contributed by atoms with van der Waals surface area (Å²) in [7, 11) is 8.86. The summed E-state index contributed by atoms with van der Waals surface area (Å²) in [6.07, 6.45) is 0.614. The average Bonchev–Trinajstić information content (AvgIpc) is 2.57. The van der Waals surface area contributed by atoms with Crippen molar-refractivity contribution in [3.8, 4) is 17.2 Å². The van der Waals surface area contributed by atoms with Gasteiger partial charge in [-0.1, -0.05) is 0 Å². The fraction of sp³-hybridized carbons (Fsp3) is 0.611. The summed E-state index contributed by atoms with van der Waals surface area (Å²) in [6.45, 7) is 4.04. The molecule has 2 heterocycles. The van der Waals surface area contributed by atoms with Crippen LogP contribution in [0.2, 0.25) is 0 Å². The van der Waals surface area contributed by atoms with Gasteiger partial charge in [0.2, 0.25) is 5.91 Å². The van der Waals surface area contributed by atoms with Crippen molar-refractivity contribution in [2.75, 3.05) is 35.4 Å². The molecule has 0 radical (unpaired) electrons. The molecular formula is C18H26N2O4.